The second-order valence-electron chi connectivity index (χ2n) is 7.10. The van der Waals surface area contributed by atoms with Crippen LogP contribution in [0.1, 0.15) is 36.9 Å². The zero-order valence-electron chi connectivity index (χ0n) is 14.0. The van der Waals surface area contributed by atoms with Gasteiger partial charge in [-0.3, -0.25) is 4.99 Å². The maximum atomic E-state index is 5.14. The number of nitrogens with zero attached hydrogens (tertiary/aromatic N) is 1. The highest BCUT2D eigenvalue weighted by atomic mass is 15.0. The van der Waals surface area contributed by atoms with Gasteiger partial charge in [-0.05, 0) is 34.6 Å². The van der Waals surface area contributed by atoms with Gasteiger partial charge >= 0.3 is 0 Å². The van der Waals surface area contributed by atoms with Crippen molar-refractivity contribution in [1.29, 1.82) is 0 Å². The number of nitrogens with one attached hydrogen (secondary N) is 1. The molecule has 0 bridgehead atoms. The topological polar surface area (TPSA) is 24.4 Å². The molecule has 3 aromatic carbocycles. The molecule has 1 N–H and O–H groups in total. The van der Waals surface area contributed by atoms with Crippen LogP contribution in [-0.4, -0.2) is 6.04 Å². The van der Waals surface area contributed by atoms with Crippen molar-refractivity contribution in [2.45, 2.75) is 31.8 Å². The lowest BCUT2D eigenvalue weighted by molar-refractivity contribution is 0.655. The van der Waals surface area contributed by atoms with Gasteiger partial charge in [0.15, 0.2) is 0 Å². The first-order valence-corrected chi connectivity index (χ1v) is 8.69. The molecule has 24 heavy (non-hydrogen) atoms. The highest BCUT2D eigenvalue weighted by Crippen LogP contribution is 2.40. The average molecular weight is 312 g/mol. The molecule has 0 aromatic heterocycles. The summed E-state index contributed by atoms with van der Waals surface area (Å²) in [5, 5.41) is 8.75. The van der Waals surface area contributed by atoms with E-state index in [-0.39, 0.29) is 12.1 Å². The second kappa shape index (κ2) is 4.94. The van der Waals surface area contributed by atoms with Crippen LogP contribution in [0.3, 0.4) is 0 Å². The van der Waals surface area contributed by atoms with E-state index in [4.69, 9.17) is 4.99 Å². The summed E-state index contributed by atoms with van der Waals surface area (Å²) in [5.41, 5.74) is 3.94. The Bertz CT molecular complexity index is 1070. The zero-order chi connectivity index (χ0) is 16.3. The molecule has 2 unspecified atom stereocenters. The van der Waals surface area contributed by atoms with Crippen molar-refractivity contribution >= 4 is 22.5 Å². The first-order valence-electron chi connectivity index (χ1n) is 8.69. The van der Waals surface area contributed by atoms with Gasteiger partial charge in [-0.1, -0.05) is 62.4 Å². The van der Waals surface area contributed by atoms with Crippen molar-refractivity contribution < 1.29 is 0 Å². The molecule has 0 amide bonds. The van der Waals surface area contributed by atoms with Gasteiger partial charge in [0.05, 0.1) is 11.4 Å². The summed E-state index contributed by atoms with van der Waals surface area (Å²) in [7, 11) is 0. The lowest BCUT2D eigenvalue weighted by atomic mass is 9.86. The van der Waals surface area contributed by atoms with Crippen molar-refractivity contribution in [3.63, 3.8) is 0 Å². The third-order valence-corrected chi connectivity index (χ3v) is 5.28. The fraction of sp³-hybridized carbons (Fsp3) is 0.227. The van der Waals surface area contributed by atoms with Crippen molar-refractivity contribution in [2.24, 2.45) is 4.99 Å². The number of hydrogen-bond donors (Lipinski definition) is 1. The molecule has 2 aliphatic rings. The minimum atomic E-state index is 0.151. The van der Waals surface area contributed by atoms with Crippen LogP contribution in [0.5, 0.6) is 0 Å². The molecule has 0 spiro atoms. The Balaban J connectivity index is 1.81. The van der Waals surface area contributed by atoms with Gasteiger partial charge in [0, 0.05) is 16.3 Å². The summed E-state index contributed by atoms with van der Waals surface area (Å²) < 4.78 is 0. The van der Waals surface area contributed by atoms with E-state index in [1.54, 1.807) is 0 Å². The second-order valence-corrected chi connectivity index (χ2v) is 7.10. The number of hydrogen-bond acceptors (Lipinski definition) is 2. The van der Waals surface area contributed by atoms with Crippen LogP contribution in [-0.2, 0) is 0 Å². The van der Waals surface area contributed by atoms with E-state index in [0.717, 1.165) is 5.36 Å². The Labute approximate surface area is 141 Å². The van der Waals surface area contributed by atoms with Crippen molar-refractivity contribution in [2.75, 3.05) is 5.32 Å². The van der Waals surface area contributed by atoms with Gasteiger partial charge in [-0.15, -0.1) is 0 Å². The average Bonchev–Trinajstić information content (AvgIpc) is 2.60. The van der Waals surface area contributed by atoms with Gasteiger partial charge < -0.3 is 5.32 Å². The molecule has 0 fully saturated rings. The number of anilines is 1. The maximum absolute atomic E-state index is 5.14. The minimum absolute atomic E-state index is 0.151. The van der Waals surface area contributed by atoms with Crippen molar-refractivity contribution in [3.8, 4) is 0 Å². The van der Waals surface area contributed by atoms with Gasteiger partial charge in [0.2, 0.25) is 0 Å². The van der Waals surface area contributed by atoms with Crippen LogP contribution >= 0.6 is 0 Å². The van der Waals surface area contributed by atoms with Gasteiger partial charge in [-0.25, -0.2) is 0 Å². The Kier molecular flexibility index (Phi) is 2.84. The predicted octanol–water partition coefficient (Wildman–Crippen LogP) is 3.91. The molecule has 2 heterocycles. The largest absolute Gasteiger partial charge is 0.376 e. The fourth-order valence-corrected chi connectivity index (χ4v) is 4.17. The number of fused-ring (bicyclic) bond motifs is 3. The van der Waals surface area contributed by atoms with Crippen LogP contribution in [0.15, 0.2) is 59.6 Å². The normalized spacial score (nSPS) is 20.6. The monoisotopic (exact) mass is 312 g/mol. The van der Waals surface area contributed by atoms with E-state index >= 15 is 0 Å². The maximum Gasteiger partial charge on any atom is 0.100 e. The molecule has 0 radical (unpaired) electrons. The summed E-state index contributed by atoms with van der Waals surface area (Å²) in [6.07, 6.45) is 2.39. The molecule has 2 nitrogen and oxygen atoms in total. The molecule has 3 aromatic rings. The number of rotatable bonds is 1. The molecular weight excluding hydrogens is 292 g/mol. The van der Waals surface area contributed by atoms with E-state index < -0.39 is 0 Å². The van der Waals surface area contributed by atoms with E-state index in [2.05, 4.69) is 79.8 Å². The Morgan fingerprint density at radius 1 is 0.958 bits per heavy atom. The SMILES string of the molecule is CC(C)c1cccc2c1=CC1Nc3cccc4cccc(c34)C1N=2. The smallest absolute Gasteiger partial charge is 0.100 e. The quantitative estimate of drug-likeness (QED) is 0.724. The Hall–Kier alpha value is -2.61. The standard InChI is InChI=1S/C22H20N2/c1-13(2)15-8-5-10-18-17(15)12-20-22(24-18)16-9-3-6-14-7-4-11-19(23-20)21(14)16/h3-13,20,22-23H,1-2H3. The third-order valence-electron chi connectivity index (χ3n) is 5.28. The van der Waals surface area contributed by atoms with Crippen LogP contribution in [0.2, 0.25) is 0 Å². The first kappa shape index (κ1) is 13.8. The molecule has 118 valence electrons. The van der Waals surface area contributed by atoms with Gasteiger partial charge in [-0.2, -0.15) is 0 Å². The summed E-state index contributed by atoms with van der Waals surface area (Å²) in [4.78, 5) is 5.14. The Morgan fingerprint density at radius 3 is 2.58 bits per heavy atom. The summed E-state index contributed by atoms with van der Waals surface area (Å²) in [6, 6.07) is 19.9. The molecule has 2 atom stereocenters. The van der Waals surface area contributed by atoms with Crippen molar-refractivity contribution in [3.05, 3.63) is 76.3 Å². The molecule has 0 saturated heterocycles. The van der Waals surface area contributed by atoms with E-state index in [0.29, 0.717) is 5.92 Å². The van der Waals surface area contributed by atoms with Crippen LogP contribution < -0.4 is 15.9 Å². The first-order chi connectivity index (χ1) is 11.7. The highest BCUT2D eigenvalue weighted by Gasteiger charge is 2.30. The van der Waals surface area contributed by atoms with Gasteiger partial charge in [0.1, 0.15) is 6.04 Å². The van der Waals surface area contributed by atoms with Crippen LogP contribution in [0, 0.1) is 0 Å². The summed E-state index contributed by atoms with van der Waals surface area (Å²) in [6.45, 7) is 4.50. The summed E-state index contributed by atoms with van der Waals surface area (Å²) >= 11 is 0. The molecule has 5 rings (SSSR count). The van der Waals surface area contributed by atoms with Crippen LogP contribution in [0.4, 0.5) is 5.69 Å². The highest BCUT2D eigenvalue weighted by molar-refractivity contribution is 5.98. The number of benzene rings is 3. The minimum Gasteiger partial charge on any atom is -0.376 e. The molecule has 2 heteroatoms. The zero-order valence-corrected chi connectivity index (χ0v) is 14.0. The van der Waals surface area contributed by atoms with Gasteiger partial charge in [0.25, 0.3) is 0 Å². The van der Waals surface area contributed by atoms with Crippen LogP contribution in [0.25, 0.3) is 16.8 Å². The van der Waals surface area contributed by atoms with E-state index in [1.165, 1.54) is 32.8 Å². The molecule has 0 saturated carbocycles. The molecule has 0 aliphatic carbocycles. The third kappa shape index (κ3) is 1.86. The fourth-order valence-electron chi connectivity index (χ4n) is 4.17. The van der Waals surface area contributed by atoms with E-state index in [1.807, 2.05) is 0 Å². The lowest BCUT2D eigenvalue weighted by Crippen LogP contribution is -2.41. The lowest BCUT2D eigenvalue weighted by Gasteiger charge is -2.33. The molecule has 2 aliphatic heterocycles. The summed E-state index contributed by atoms with van der Waals surface area (Å²) in [5.74, 6) is 0.502. The van der Waals surface area contributed by atoms with Crippen molar-refractivity contribution in [1.82, 2.24) is 0 Å². The molecular formula is C22H20N2. The van der Waals surface area contributed by atoms with E-state index in [9.17, 15) is 0 Å². The Morgan fingerprint density at radius 2 is 1.75 bits per heavy atom. The predicted molar refractivity (Wildman–Crippen MR) is 99.9 cm³/mol.